The number of hydrogen-bond donors (Lipinski definition) is 0. The summed E-state index contributed by atoms with van der Waals surface area (Å²) < 4.78 is 31.4. The van der Waals surface area contributed by atoms with Crippen molar-refractivity contribution in [2.45, 2.75) is 38.6 Å². The molecule has 0 N–H and O–H groups in total. The Hall–Kier alpha value is -1.75. The Labute approximate surface area is 155 Å². The Morgan fingerprint density at radius 1 is 1.08 bits per heavy atom. The molecule has 1 atom stereocenters. The highest BCUT2D eigenvalue weighted by atomic mass is 19.1. The van der Waals surface area contributed by atoms with Gasteiger partial charge in [-0.1, -0.05) is 62.2 Å². The highest BCUT2D eigenvalue weighted by Crippen LogP contribution is 2.31. The Morgan fingerprint density at radius 2 is 1.77 bits per heavy atom. The number of benzene rings is 2. The molecule has 140 valence electrons. The molecule has 1 fully saturated rings. The standard InChI is InChI=1S/C22H27FO3/c1-3-4-7-16-14-25-22(26-15-16)18-12-10-17(11-13-18)21(24-2)19-8-5-6-9-20(19)23/h5-6,8-13,16,21-22H,3-4,7,14-15H2,1-2H3/t16-,21?,22-. The highest BCUT2D eigenvalue weighted by molar-refractivity contribution is 5.33. The lowest BCUT2D eigenvalue weighted by atomic mass is 9.99. The van der Waals surface area contributed by atoms with Crippen LogP contribution in [0.25, 0.3) is 0 Å². The fourth-order valence-corrected chi connectivity index (χ4v) is 3.35. The van der Waals surface area contributed by atoms with Gasteiger partial charge in [0.15, 0.2) is 6.29 Å². The summed E-state index contributed by atoms with van der Waals surface area (Å²) in [5.74, 6) is 0.227. The Bertz CT molecular complexity index is 678. The molecule has 1 aliphatic heterocycles. The molecule has 2 aromatic carbocycles. The lowest BCUT2D eigenvalue weighted by Crippen LogP contribution is -2.27. The van der Waals surface area contributed by atoms with E-state index in [1.165, 1.54) is 18.9 Å². The molecule has 0 radical (unpaired) electrons. The van der Waals surface area contributed by atoms with E-state index in [0.717, 1.165) is 30.8 Å². The van der Waals surface area contributed by atoms with Crippen LogP contribution in [0.3, 0.4) is 0 Å². The number of hydrogen-bond acceptors (Lipinski definition) is 3. The van der Waals surface area contributed by atoms with Crippen LogP contribution in [0.1, 0.15) is 55.3 Å². The minimum atomic E-state index is -0.433. The van der Waals surface area contributed by atoms with E-state index in [1.54, 1.807) is 19.2 Å². The summed E-state index contributed by atoms with van der Waals surface area (Å²) in [6, 6.07) is 14.5. The molecule has 4 heteroatoms. The summed E-state index contributed by atoms with van der Waals surface area (Å²) in [6.45, 7) is 3.67. The third-order valence-corrected chi connectivity index (χ3v) is 4.87. The minimum Gasteiger partial charge on any atom is -0.372 e. The maximum Gasteiger partial charge on any atom is 0.183 e. The molecule has 0 aliphatic carbocycles. The summed E-state index contributed by atoms with van der Waals surface area (Å²) >= 11 is 0. The van der Waals surface area contributed by atoms with Gasteiger partial charge in [0.2, 0.25) is 0 Å². The van der Waals surface area contributed by atoms with E-state index in [9.17, 15) is 4.39 Å². The van der Waals surface area contributed by atoms with Crippen LogP contribution in [0, 0.1) is 11.7 Å². The highest BCUT2D eigenvalue weighted by Gasteiger charge is 2.24. The molecule has 0 spiro atoms. The largest absolute Gasteiger partial charge is 0.372 e. The molecule has 3 rings (SSSR count). The van der Waals surface area contributed by atoms with E-state index in [0.29, 0.717) is 11.5 Å². The summed E-state index contributed by atoms with van der Waals surface area (Å²) in [6.07, 6.45) is 2.81. The first kappa shape index (κ1) is 19.0. The Morgan fingerprint density at radius 3 is 2.38 bits per heavy atom. The van der Waals surface area contributed by atoms with Crippen LogP contribution in [-0.4, -0.2) is 20.3 Å². The molecule has 26 heavy (non-hydrogen) atoms. The maximum atomic E-state index is 14.1. The number of ether oxygens (including phenoxy) is 3. The third kappa shape index (κ3) is 4.50. The smallest absolute Gasteiger partial charge is 0.183 e. The second-order valence-electron chi connectivity index (χ2n) is 6.81. The zero-order valence-corrected chi connectivity index (χ0v) is 15.5. The number of unbranched alkanes of at least 4 members (excludes halogenated alkanes) is 1. The molecule has 0 amide bonds. The van der Waals surface area contributed by atoms with Crippen molar-refractivity contribution in [3.8, 4) is 0 Å². The van der Waals surface area contributed by atoms with Crippen molar-refractivity contribution in [3.63, 3.8) is 0 Å². The van der Waals surface area contributed by atoms with E-state index in [4.69, 9.17) is 14.2 Å². The average Bonchev–Trinajstić information content (AvgIpc) is 2.69. The average molecular weight is 358 g/mol. The second-order valence-corrected chi connectivity index (χ2v) is 6.81. The first-order valence-corrected chi connectivity index (χ1v) is 9.33. The lowest BCUT2D eigenvalue weighted by Gasteiger charge is -2.29. The van der Waals surface area contributed by atoms with Gasteiger partial charge in [-0.25, -0.2) is 4.39 Å². The molecule has 3 nitrogen and oxygen atoms in total. The predicted octanol–water partition coefficient (Wildman–Crippen LogP) is 5.41. The van der Waals surface area contributed by atoms with Gasteiger partial charge in [0.1, 0.15) is 11.9 Å². The van der Waals surface area contributed by atoms with E-state index >= 15 is 0 Å². The molecule has 0 aromatic heterocycles. The molecule has 0 saturated carbocycles. The van der Waals surface area contributed by atoms with Crippen LogP contribution in [-0.2, 0) is 14.2 Å². The molecule has 1 saturated heterocycles. The molecule has 1 aliphatic rings. The summed E-state index contributed by atoms with van der Waals surface area (Å²) in [7, 11) is 1.59. The van der Waals surface area contributed by atoms with Crippen molar-refractivity contribution in [1.82, 2.24) is 0 Å². The molecular formula is C22H27FO3. The van der Waals surface area contributed by atoms with E-state index in [-0.39, 0.29) is 12.1 Å². The fraction of sp³-hybridized carbons (Fsp3) is 0.455. The normalized spacial score (nSPS) is 21.5. The van der Waals surface area contributed by atoms with Gasteiger partial charge in [-0.05, 0) is 18.1 Å². The summed E-state index contributed by atoms with van der Waals surface area (Å²) in [4.78, 5) is 0. The van der Waals surface area contributed by atoms with Crippen LogP contribution >= 0.6 is 0 Å². The molecule has 0 bridgehead atoms. The van der Waals surface area contributed by atoms with Crippen LogP contribution in [0.5, 0.6) is 0 Å². The van der Waals surface area contributed by atoms with Gasteiger partial charge in [-0.3, -0.25) is 0 Å². The van der Waals surface area contributed by atoms with Crippen molar-refractivity contribution in [3.05, 3.63) is 71.0 Å². The SMILES string of the molecule is CCCC[C@H]1CO[C@H](c2ccc(C(OC)c3ccccc3F)cc2)OC1. The Balaban J connectivity index is 1.66. The van der Waals surface area contributed by atoms with Gasteiger partial charge in [0.05, 0.1) is 13.2 Å². The molecule has 1 unspecified atom stereocenters. The van der Waals surface area contributed by atoms with Gasteiger partial charge < -0.3 is 14.2 Å². The van der Waals surface area contributed by atoms with E-state index in [1.807, 2.05) is 30.3 Å². The van der Waals surface area contributed by atoms with Crippen molar-refractivity contribution < 1.29 is 18.6 Å². The molecule has 1 heterocycles. The zero-order chi connectivity index (χ0) is 18.4. The van der Waals surface area contributed by atoms with Crippen LogP contribution in [0.4, 0.5) is 4.39 Å². The predicted molar refractivity (Wildman–Crippen MR) is 99.4 cm³/mol. The zero-order valence-electron chi connectivity index (χ0n) is 15.5. The minimum absolute atomic E-state index is 0.263. The lowest BCUT2D eigenvalue weighted by molar-refractivity contribution is -0.206. The summed E-state index contributed by atoms with van der Waals surface area (Å²) in [5.41, 5.74) is 2.41. The monoisotopic (exact) mass is 358 g/mol. The van der Waals surface area contributed by atoms with Crippen LogP contribution in [0.2, 0.25) is 0 Å². The van der Waals surface area contributed by atoms with E-state index in [2.05, 4.69) is 6.92 Å². The van der Waals surface area contributed by atoms with Crippen molar-refractivity contribution in [1.29, 1.82) is 0 Å². The Kier molecular flexibility index (Phi) is 6.78. The molecule has 2 aromatic rings. The quantitative estimate of drug-likeness (QED) is 0.662. The number of rotatable bonds is 7. The van der Waals surface area contributed by atoms with Crippen molar-refractivity contribution in [2.75, 3.05) is 20.3 Å². The first-order valence-electron chi connectivity index (χ1n) is 9.33. The van der Waals surface area contributed by atoms with E-state index < -0.39 is 6.10 Å². The molecular weight excluding hydrogens is 331 g/mol. The fourth-order valence-electron chi connectivity index (χ4n) is 3.35. The van der Waals surface area contributed by atoms with Gasteiger partial charge in [-0.15, -0.1) is 0 Å². The van der Waals surface area contributed by atoms with Crippen molar-refractivity contribution in [2.24, 2.45) is 5.92 Å². The maximum absolute atomic E-state index is 14.1. The second kappa shape index (κ2) is 9.26. The number of methoxy groups -OCH3 is 1. The van der Waals surface area contributed by atoms with Gasteiger partial charge in [0.25, 0.3) is 0 Å². The topological polar surface area (TPSA) is 27.7 Å². The van der Waals surface area contributed by atoms with Crippen LogP contribution in [0.15, 0.2) is 48.5 Å². The van der Waals surface area contributed by atoms with Gasteiger partial charge in [0, 0.05) is 24.2 Å². The first-order chi connectivity index (χ1) is 12.7. The van der Waals surface area contributed by atoms with Crippen molar-refractivity contribution >= 4 is 0 Å². The third-order valence-electron chi connectivity index (χ3n) is 4.87. The summed E-state index contributed by atoms with van der Waals surface area (Å²) in [5, 5.41) is 0. The van der Waals surface area contributed by atoms with Gasteiger partial charge in [-0.2, -0.15) is 0 Å². The number of halogens is 1. The van der Waals surface area contributed by atoms with Gasteiger partial charge >= 0.3 is 0 Å². The van der Waals surface area contributed by atoms with Crippen LogP contribution < -0.4 is 0 Å².